The fourth-order valence-electron chi connectivity index (χ4n) is 1.68. The fourth-order valence-corrected chi connectivity index (χ4v) is 2.38. The third-order valence-electron chi connectivity index (χ3n) is 2.86. The van der Waals surface area contributed by atoms with Gasteiger partial charge in [0.25, 0.3) is 0 Å². The Hall–Kier alpha value is -1.08. The molecule has 6 nitrogen and oxygen atoms in total. The number of nitrogens with zero attached hydrogens (tertiary/aromatic N) is 3. The molecular formula is C12H20N4O2S. The molecule has 1 aliphatic heterocycles. The van der Waals surface area contributed by atoms with Gasteiger partial charge in [-0.1, -0.05) is 32.5 Å². The van der Waals surface area contributed by atoms with Crippen LogP contribution in [0.2, 0.25) is 0 Å². The third-order valence-corrected chi connectivity index (χ3v) is 3.70. The molecule has 7 heteroatoms. The maximum absolute atomic E-state index is 12.0. The lowest BCUT2D eigenvalue weighted by Crippen LogP contribution is -2.41. The number of carbonyl (C=O) groups excluding carboxylic acids is 1. The van der Waals surface area contributed by atoms with Gasteiger partial charge in [-0.3, -0.25) is 9.89 Å². The topological polar surface area (TPSA) is 71.1 Å². The van der Waals surface area contributed by atoms with Crippen LogP contribution in [0.1, 0.15) is 26.6 Å². The van der Waals surface area contributed by atoms with E-state index in [1.54, 1.807) is 0 Å². The minimum Gasteiger partial charge on any atom is -0.378 e. The predicted octanol–water partition coefficient (Wildman–Crippen LogP) is 1.05. The number of morpholine rings is 1. The highest BCUT2D eigenvalue weighted by molar-refractivity contribution is 7.99. The standard InChI is InChI=1S/C12H20N4O2S/c1-12(2,3)10-13-11(15-14-10)19-8-9(17)16-4-6-18-7-5-16/h4-8H2,1-3H3,(H,13,14,15). The Bertz CT molecular complexity index is 435. The number of carbonyl (C=O) groups is 1. The van der Waals surface area contributed by atoms with Crippen molar-refractivity contribution in [3.05, 3.63) is 5.82 Å². The highest BCUT2D eigenvalue weighted by atomic mass is 32.2. The zero-order valence-electron chi connectivity index (χ0n) is 11.6. The molecule has 1 aromatic rings. The van der Waals surface area contributed by atoms with Gasteiger partial charge in [0, 0.05) is 18.5 Å². The molecule has 106 valence electrons. The number of rotatable bonds is 3. The summed E-state index contributed by atoms with van der Waals surface area (Å²) in [5, 5.41) is 7.68. The summed E-state index contributed by atoms with van der Waals surface area (Å²) in [5.41, 5.74) is -0.0555. The molecule has 1 fully saturated rings. The largest absolute Gasteiger partial charge is 0.378 e. The van der Waals surface area contributed by atoms with Crippen LogP contribution >= 0.6 is 11.8 Å². The first-order chi connectivity index (χ1) is 8.97. The van der Waals surface area contributed by atoms with Crippen molar-refractivity contribution in [2.75, 3.05) is 32.1 Å². The van der Waals surface area contributed by atoms with E-state index in [1.165, 1.54) is 11.8 Å². The number of aromatic nitrogens is 3. The van der Waals surface area contributed by atoms with E-state index in [9.17, 15) is 4.79 Å². The van der Waals surface area contributed by atoms with Crippen molar-refractivity contribution < 1.29 is 9.53 Å². The van der Waals surface area contributed by atoms with Crippen molar-refractivity contribution >= 4 is 17.7 Å². The molecule has 0 aromatic carbocycles. The van der Waals surface area contributed by atoms with E-state index in [0.717, 1.165) is 5.82 Å². The van der Waals surface area contributed by atoms with Crippen LogP contribution in [0.4, 0.5) is 0 Å². The van der Waals surface area contributed by atoms with Crippen LogP contribution in [0.25, 0.3) is 0 Å². The molecule has 0 saturated carbocycles. The maximum atomic E-state index is 12.0. The summed E-state index contributed by atoms with van der Waals surface area (Å²) >= 11 is 1.37. The highest BCUT2D eigenvalue weighted by Crippen LogP contribution is 2.21. The summed E-state index contributed by atoms with van der Waals surface area (Å²) in [6.45, 7) is 8.83. The Labute approximate surface area is 117 Å². The van der Waals surface area contributed by atoms with E-state index in [2.05, 4.69) is 36.0 Å². The number of hydrogen-bond acceptors (Lipinski definition) is 5. The van der Waals surface area contributed by atoms with Gasteiger partial charge in [-0.25, -0.2) is 4.98 Å². The van der Waals surface area contributed by atoms with Crippen LogP contribution in [0, 0.1) is 0 Å². The lowest BCUT2D eigenvalue weighted by atomic mass is 9.96. The van der Waals surface area contributed by atoms with Crippen LogP contribution in [0.3, 0.4) is 0 Å². The summed E-state index contributed by atoms with van der Waals surface area (Å²) in [6.07, 6.45) is 0. The molecule has 2 rings (SSSR count). The van der Waals surface area contributed by atoms with Crippen molar-refractivity contribution in [3.8, 4) is 0 Å². The Morgan fingerprint density at radius 2 is 2.11 bits per heavy atom. The first kappa shape index (κ1) is 14.3. The summed E-state index contributed by atoms with van der Waals surface area (Å²) in [5.74, 6) is 1.34. The Morgan fingerprint density at radius 1 is 1.42 bits per heavy atom. The second-order valence-corrected chi connectivity index (χ2v) is 6.44. The molecule has 0 aliphatic carbocycles. The summed E-state index contributed by atoms with van der Waals surface area (Å²) in [7, 11) is 0. The quantitative estimate of drug-likeness (QED) is 0.840. The van der Waals surface area contributed by atoms with Gasteiger partial charge in [-0.15, -0.1) is 5.10 Å². The van der Waals surface area contributed by atoms with E-state index in [4.69, 9.17) is 4.74 Å². The molecule has 0 radical (unpaired) electrons. The Balaban J connectivity index is 1.85. The molecule has 0 spiro atoms. The first-order valence-corrected chi connectivity index (χ1v) is 7.36. The van der Waals surface area contributed by atoms with Crippen molar-refractivity contribution in [1.82, 2.24) is 20.1 Å². The Morgan fingerprint density at radius 3 is 2.68 bits per heavy atom. The normalized spacial score (nSPS) is 16.7. The smallest absolute Gasteiger partial charge is 0.233 e. The number of ether oxygens (including phenoxy) is 1. The van der Waals surface area contributed by atoms with Crippen molar-refractivity contribution in [2.24, 2.45) is 0 Å². The number of aromatic amines is 1. The summed E-state index contributed by atoms with van der Waals surface area (Å²) in [4.78, 5) is 18.2. The molecule has 1 N–H and O–H groups in total. The molecule has 19 heavy (non-hydrogen) atoms. The molecule has 0 atom stereocenters. The molecular weight excluding hydrogens is 264 g/mol. The third kappa shape index (κ3) is 3.94. The van der Waals surface area contributed by atoms with Crippen LogP contribution in [0.5, 0.6) is 0 Å². The average Bonchev–Trinajstić information content (AvgIpc) is 2.86. The van der Waals surface area contributed by atoms with Crippen molar-refractivity contribution in [2.45, 2.75) is 31.3 Å². The number of H-pyrrole nitrogens is 1. The summed E-state index contributed by atoms with van der Waals surface area (Å²) in [6, 6.07) is 0. The molecule has 0 unspecified atom stereocenters. The van der Waals surface area contributed by atoms with Crippen LogP contribution in [0.15, 0.2) is 5.16 Å². The average molecular weight is 284 g/mol. The van der Waals surface area contributed by atoms with Crippen LogP contribution < -0.4 is 0 Å². The van der Waals surface area contributed by atoms with Gasteiger partial charge in [-0.2, -0.15) is 0 Å². The van der Waals surface area contributed by atoms with Gasteiger partial charge >= 0.3 is 0 Å². The van der Waals surface area contributed by atoms with E-state index in [0.29, 0.717) is 37.2 Å². The number of nitrogens with one attached hydrogen (secondary N) is 1. The van der Waals surface area contributed by atoms with Gasteiger partial charge in [0.2, 0.25) is 11.1 Å². The molecule has 1 aliphatic rings. The molecule has 0 bridgehead atoms. The SMILES string of the molecule is CC(C)(C)c1nc(SCC(=O)N2CCOCC2)n[nH]1. The number of hydrogen-bond donors (Lipinski definition) is 1. The minimum absolute atomic E-state index is 0.0555. The van der Waals surface area contributed by atoms with Crippen LogP contribution in [-0.2, 0) is 14.9 Å². The lowest BCUT2D eigenvalue weighted by molar-refractivity contribution is -0.132. The van der Waals surface area contributed by atoms with Crippen LogP contribution in [-0.4, -0.2) is 58.0 Å². The number of amides is 1. The van der Waals surface area contributed by atoms with Gasteiger partial charge in [0.05, 0.1) is 19.0 Å². The van der Waals surface area contributed by atoms with E-state index in [-0.39, 0.29) is 11.3 Å². The van der Waals surface area contributed by atoms with Gasteiger partial charge in [-0.05, 0) is 0 Å². The van der Waals surface area contributed by atoms with Gasteiger partial charge < -0.3 is 9.64 Å². The predicted molar refractivity (Wildman–Crippen MR) is 73.2 cm³/mol. The molecule has 1 aromatic heterocycles. The summed E-state index contributed by atoms with van der Waals surface area (Å²) < 4.78 is 5.22. The monoisotopic (exact) mass is 284 g/mol. The first-order valence-electron chi connectivity index (χ1n) is 6.38. The van der Waals surface area contributed by atoms with Crippen molar-refractivity contribution in [1.29, 1.82) is 0 Å². The van der Waals surface area contributed by atoms with E-state index in [1.807, 2.05) is 4.90 Å². The molecule has 2 heterocycles. The molecule has 1 amide bonds. The zero-order chi connectivity index (χ0) is 13.9. The minimum atomic E-state index is -0.0555. The van der Waals surface area contributed by atoms with Crippen molar-refractivity contribution in [3.63, 3.8) is 0 Å². The maximum Gasteiger partial charge on any atom is 0.233 e. The second-order valence-electron chi connectivity index (χ2n) is 5.50. The van der Waals surface area contributed by atoms with Gasteiger partial charge in [0.15, 0.2) is 0 Å². The zero-order valence-corrected chi connectivity index (χ0v) is 12.4. The van der Waals surface area contributed by atoms with E-state index < -0.39 is 0 Å². The van der Waals surface area contributed by atoms with E-state index >= 15 is 0 Å². The highest BCUT2D eigenvalue weighted by Gasteiger charge is 2.20. The second kappa shape index (κ2) is 5.92. The lowest BCUT2D eigenvalue weighted by Gasteiger charge is -2.26. The fraction of sp³-hybridized carbons (Fsp3) is 0.750. The number of thioether (sulfide) groups is 1. The van der Waals surface area contributed by atoms with Gasteiger partial charge in [0.1, 0.15) is 5.82 Å². The molecule has 1 saturated heterocycles. The Kier molecular flexibility index (Phi) is 4.46.